The molecule has 0 aliphatic heterocycles. The fraction of sp³-hybridized carbons (Fsp3) is 0.400. The Balaban J connectivity index is 2.34. The Hall–Kier alpha value is -2.21. The summed E-state index contributed by atoms with van der Waals surface area (Å²) in [6, 6.07) is 9.23. The Bertz CT molecular complexity index is 623. The Morgan fingerprint density at radius 3 is 2.48 bits per heavy atom. The number of hydrogen-bond acceptors (Lipinski definition) is 4. The van der Waals surface area contributed by atoms with Gasteiger partial charge in [-0.3, -0.25) is 14.8 Å². The van der Waals surface area contributed by atoms with E-state index in [4.69, 9.17) is 0 Å². The van der Waals surface area contributed by atoms with Gasteiger partial charge in [-0.1, -0.05) is 44.2 Å². The molecule has 0 saturated carbocycles. The third-order valence-electron chi connectivity index (χ3n) is 3.48. The van der Waals surface area contributed by atoms with Gasteiger partial charge in [-0.05, 0) is 18.4 Å². The zero-order valence-corrected chi connectivity index (χ0v) is 12.2. The fourth-order valence-corrected chi connectivity index (χ4v) is 2.44. The monoisotopic (exact) mass is 289 g/mol. The Morgan fingerprint density at radius 2 is 1.95 bits per heavy atom. The van der Waals surface area contributed by atoms with Crippen LogP contribution in [-0.2, 0) is 19.4 Å². The van der Waals surface area contributed by atoms with Gasteiger partial charge in [0.05, 0.1) is 17.6 Å². The minimum atomic E-state index is -0.735. The van der Waals surface area contributed by atoms with Gasteiger partial charge in [0.2, 0.25) is 0 Å². The van der Waals surface area contributed by atoms with Crippen LogP contribution >= 0.6 is 0 Å². The second kappa shape index (κ2) is 6.49. The zero-order valence-electron chi connectivity index (χ0n) is 12.2. The molecule has 112 valence electrons. The lowest BCUT2D eigenvalue weighted by Gasteiger charge is -2.12. The van der Waals surface area contributed by atoms with Gasteiger partial charge in [0.25, 0.3) is 0 Å². The third-order valence-corrected chi connectivity index (χ3v) is 3.48. The van der Waals surface area contributed by atoms with Crippen LogP contribution in [0.15, 0.2) is 30.3 Å². The maximum absolute atomic E-state index is 11.2. The van der Waals surface area contributed by atoms with Gasteiger partial charge in [0, 0.05) is 0 Å². The molecule has 1 aromatic carbocycles. The van der Waals surface area contributed by atoms with Crippen molar-refractivity contribution in [2.75, 3.05) is 0 Å². The summed E-state index contributed by atoms with van der Waals surface area (Å²) in [5.74, 6) is 0. The number of aromatic nitrogens is 2. The lowest BCUT2D eigenvalue weighted by molar-refractivity contribution is -0.386. The Morgan fingerprint density at radius 1 is 1.29 bits per heavy atom. The van der Waals surface area contributed by atoms with E-state index >= 15 is 0 Å². The molecular weight excluding hydrogens is 270 g/mol. The maximum atomic E-state index is 11.2. The summed E-state index contributed by atoms with van der Waals surface area (Å²) >= 11 is 0. The fourth-order valence-electron chi connectivity index (χ4n) is 2.44. The molecule has 6 heteroatoms. The number of nitrogens with zero attached hydrogens (tertiary/aromatic N) is 3. The van der Waals surface area contributed by atoms with Crippen LogP contribution < -0.4 is 0 Å². The molecule has 0 aliphatic carbocycles. The summed E-state index contributed by atoms with van der Waals surface area (Å²) in [6.45, 7) is 3.91. The van der Waals surface area contributed by atoms with Crippen molar-refractivity contribution in [2.24, 2.45) is 0 Å². The predicted molar refractivity (Wildman–Crippen MR) is 79.0 cm³/mol. The van der Waals surface area contributed by atoms with Crippen LogP contribution in [0.1, 0.15) is 36.9 Å². The number of rotatable bonds is 6. The van der Waals surface area contributed by atoms with Gasteiger partial charge >= 0.3 is 5.69 Å². The Labute approximate surface area is 123 Å². The molecule has 1 heterocycles. The normalized spacial score (nSPS) is 12.3. The molecule has 1 atom stereocenters. The van der Waals surface area contributed by atoms with Crippen molar-refractivity contribution >= 4 is 5.69 Å². The van der Waals surface area contributed by atoms with E-state index in [2.05, 4.69) is 5.10 Å². The van der Waals surface area contributed by atoms with Crippen molar-refractivity contribution in [2.45, 2.75) is 39.3 Å². The first-order valence-electron chi connectivity index (χ1n) is 7.04. The van der Waals surface area contributed by atoms with Gasteiger partial charge in [0.1, 0.15) is 11.4 Å². The summed E-state index contributed by atoms with van der Waals surface area (Å²) < 4.78 is 1.56. The minimum absolute atomic E-state index is 0.0836. The second-order valence-electron chi connectivity index (χ2n) is 4.81. The number of aliphatic hydroxyl groups excluding tert-OH is 1. The second-order valence-corrected chi connectivity index (χ2v) is 4.81. The van der Waals surface area contributed by atoms with Gasteiger partial charge in [0.15, 0.2) is 0 Å². The highest BCUT2D eigenvalue weighted by atomic mass is 16.6. The van der Waals surface area contributed by atoms with Crippen molar-refractivity contribution < 1.29 is 10.0 Å². The van der Waals surface area contributed by atoms with Gasteiger partial charge in [-0.2, -0.15) is 5.10 Å². The first kappa shape index (κ1) is 15.2. The van der Waals surface area contributed by atoms with E-state index in [1.54, 1.807) is 4.68 Å². The summed E-state index contributed by atoms with van der Waals surface area (Å²) in [5, 5.41) is 25.8. The minimum Gasteiger partial charge on any atom is -0.386 e. The Kier molecular flexibility index (Phi) is 4.70. The molecule has 6 nitrogen and oxygen atoms in total. The van der Waals surface area contributed by atoms with Crippen molar-refractivity contribution in [1.82, 2.24) is 9.78 Å². The van der Waals surface area contributed by atoms with Crippen LogP contribution in [0.25, 0.3) is 0 Å². The molecule has 1 N–H and O–H groups in total. The summed E-state index contributed by atoms with van der Waals surface area (Å²) in [7, 11) is 0. The highest BCUT2D eigenvalue weighted by Crippen LogP contribution is 2.26. The molecule has 0 amide bonds. The lowest BCUT2D eigenvalue weighted by Crippen LogP contribution is -2.13. The first-order valence-corrected chi connectivity index (χ1v) is 7.04. The highest BCUT2D eigenvalue weighted by molar-refractivity contribution is 5.41. The molecule has 0 aliphatic rings. The lowest BCUT2D eigenvalue weighted by atomic mass is 10.1. The largest absolute Gasteiger partial charge is 0.386 e. The molecular formula is C15H19N3O3. The first-order chi connectivity index (χ1) is 10.1. The molecule has 0 radical (unpaired) electrons. The molecule has 1 aromatic heterocycles. The van der Waals surface area contributed by atoms with Gasteiger partial charge < -0.3 is 5.11 Å². The number of aliphatic hydroxyl groups is 1. The van der Waals surface area contributed by atoms with E-state index < -0.39 is 6.10 Å². The van der Waals surface area contributed by atoms with Crippen LogP contribution in [0.3, 0.4) is 0 Å². The molecule has 0 fully saturated rings. The van der Waals surface area contributed by atoms with Crippen LogP contribution in [-0.4, -0.2) is 19.8 Å². The molecule has 0 spiro atoms. The van der Waals surface area contributed by atoms with E-state index in [9.17, 15) is 15.2 Å². The van der Waals surface area contributed by atoms with Gasteiger partial charge in [-0.15, -0.1) is 0 Å². The average Bonchev–Trinajstić information content (AvgIpc) is 2.85. The number of aryl methyl sites for hydroxylation is 1. The van der Waals surface area contributed by atoms with Crippen LogP contribution in [0.4, 0.5) is 5.69 Å². The van der Waals surface area contributed by atoms with E-state index in [1.807, 2.05) is 44.2 Å². The van der Waals surface area contributed by atoms with Gasteiger partial charge in [-0.25, -0.2) is 0 Å². The van der Waals surface area contributed by atoms with Crippen molar-refractivity contribution in [3.63, 3.8) is 0 Å². The molecule has 1 unspecified atom stereocenters. The molecule has 0 saturated heterocycles. The van der Waals surface area contributed by atoms with Crippen molar-refractivity contribution in [3.8, 4) is 0 Å². The third kappa shape index (κ3) is 3.11. The van der Waals surface area contributed by atoms with Crippen LogP contribution in [0.2, 0.25) is 0 Å². The summed E-state index contributed by atoms with van der Waals surface area (Å²) in [5.41, 5.74) is 1.89. The van der Waals surface area contributed by atoms with Crippen molar-refractivity contribution in [3.05, 3.63) is 57.4 Å². The predicted octanol–water partition coefficient (Wildman–Crippen LogP) is 2.65. The molecule has 21 heavy (non-hydrogen) atoms. The maximum Gasteiger partial charge on any atom is 0.313 e. The topological polar surface area (TPSA) is 81.2 Å². The highest BCUT2D eigenvalue weighted by Gasteiger charge is 2.26. The molecule has 2 rings (SSSR count). The summed E-state index contributed by atoms with van der Waals surface area (Å²) in [4.78, 5) is 10.8. The smallest absolute Gasteiger partial charge is 0.313 e. The van der Waals surface area contributed by atoms with E-state index in [0.717, 1.165) is 5.56 Å². The average molecular weight is 289 g/mol. The summed E-state index contributed by atoms with van der Waals surface area (Å²) in [6.07, 6.45) is 0.267. The molecule has 2 aromatic rings. The van der Waals surface area contributed by atoms with Crippen LogP contribution in [0.5, 0.6) is 0 Å². The van der Waals surface area contributed by atoms with E-state index in [-0.39, 0.29) is 17.2 Å². The van der Waals surface area contributed by atoms with Crippen molar-refractivity contribution in [1.29, 1.82) is 0 Å². The standard InChI is InChI=1S/C15H19N3O3/c1-3-12-15(18(20)21)13(4-2)17(16-12)10-14(19)11-8-6-5-7-9-11/h5-9,14,19H,3-4,10H2,1-2H3. The number of hydrogen-bond donors (Lipinski definition) is 1. The van der Waals surface area contributed by atoms with E-state index in [0.29, 0.717) is 24.2 Å². The van der Waals surface area contributed by atoms with Crippen LogP contribution in [0, 0.1) is 10.1 Å². The quantitative estimate of drug-likeness (QED) is 0.654. The number of nitro groups is 1. The van der Waals surface area contributed by atoms with E-state index in [1.165, 1.54) is 0 Å². The molecule has 0 bridgehead atoms. The zero-order chi connectivity index (χ0) is 15.4. The SMILES string of the molecule is CCc1nn(CC(O)c2ccccc2)c(CC)c1[N+](=O)[O-]. The number of benzene rings is 1.